The summed E-state index contributed by atoms with van der Waals surface area (Å²) in [4.78, 5) is 0. The predicted octanol–water partition coefficient (Wildman–Crippen LogP) is 14.1. The molecule has 1 heteroatoms. The van der Waals surface area contributed by atoms with Crippen LogP contribution in [-0.2, 0) is 0 Å². The normalized spacial score (nSPS) is 27.8. The average Bonchev–Trinajstić information content (AvgIpc) is 3.19. The van der Waals surface area contributed by atoms with Crippen LogP contribution in [0.15, 0.2) is 115 Å². The molecule has 1 saturated carbocycles. The van der Waals surface area contributed by atoms with Crippen molar-refractivity contribution in [3.63, 3.8) is 0 Å². The highest BCUT2D eigenvalue weighted by Crippen LogP contribution is 2.49. The van der Waals surface area contributed by atoms with Gasteiger partial charge in [-0.15, -0.1) is 0 Å². The fourth-order valence-corrected chi connectivity index (χ4v) is 11.4. The van der Waals surface area contributed by atoms with Crippen molar-refractivity contribution < 1.29 is 0 Å². The van der Waals surface area contributed by atoms with E-state index in [1.807, 2.05) is 0 Å². The molecule has 1 nitrogen and oxygen atoms in total. The van der Waals surface area contributed by atoms with Gasteiger partial charge in [0.2, 0.25) is 0 Å². The molecule has 0 aromatic rings. The number of nitrogens with one attached hydrogen (secondary N) is 1. The number of allylic oxidation sites excluding steroid dienone is 17. The minimum Gasteiger partial charge on any atom is -0.307 e. The van der Waals surface area contributed by atoms with Crippen molar-refractivity contribution in [2.24, 2.45) is 11.8 Å². The molecular weight excluding hydrogens is 615 g/mol. The molecule has 8 rings (SSSR count). The Labute approximate surface area is 311 Å². The molecule has 0 radical (unpaired) electrons. The molecule has 0 spiro atoms. The summed E-state index contributed by atoms with van der Waals surface area (Å²) in [5, 5.41) is 4.36. The Morgan fingerprint density at radius 3 is 2.45 bits per heavy atom. The Morgan fingerprint density at radius 2 is 1.57 bits per heavy atom. The molecule has 0 heterocycles. The zero-order valence-corrected chi connectivity index (χ0v) is 32.4. The van der Waals surface area contributed by atoms with E-state index in [9.17, 15) is 0 Å². The summed E-state index contributed by atoms with van der Waals surface area (Å²) >= 11 is 0. The topological polar surface area (TPSA) is 12.0 Å². The molecule has 0 aliphatic heterocycles. The van der Waals surface area contributed by atoms with Gasteiger partial charge in [-0.05, 0) is 165 Å². The van der Waals surface area contributed by atoms with Crippen LogP contribution in [0.2, 0.25) is 0 Å². The van der Waals surface area contributed by atoms with E-state index >= 15 is 0 Å². The largest absolute Gasteiger partial charge is 0.307 e. The van der Waals surface area contributed by atoms with E-state index in [0.29, 0.717) is 23.9 Å². The Morgan fingerprint density at radius 1 is 0.745 bits per heavy atom. The van der Waals surface area contributed by atoms with Crippen LogP contribution in [0.4, 0.5) is 0 Å². The number of hydrogen-bond acceptors (Lipinski definition) is 1. The molecule has 0 amide bonds. The standard InChI is InChI=1S/C50H67N/c1-3-4-5-7-16-35(2)41-29-30-43(45-22-13-12-21-44(41)45)39-27-28-49(50(34-39)51-40-19-8-6-9-20-40)48-32-31-42(46-23-14-15-24-47(46)48)38-26-25-36-17-10-11-18-37(36)33-38/h12,15,21,24,27-29,33,35,40,43,50-51H,3-11,13-14,16-20,22-23,25-26,30-32,34H2,1-2H3/t35?,43-,50?/m0/s1. The number of fused-ring (bicyclic) bond motifs is 1. The minimum absolute atomic E-state index is 0.434. The molecule has 8 aliphatic rings. The van der Waals surface area contributed by atoms with Crippen LogP contribution < -0.4 is 5.32 Å². The van der Waals surface area contributed by atoms with Crippen LogP contribution in [0.1, 0.15) is 168 Å². The third-order valence-electron chi connectivity index (χ3n) is 14.2. The van der Waals surface area contributed by atoms with E-state index in [-0.39, 0.29) is 0 Å². The van der Waals surface area contributed by atoms with Gasteiger partial charge < -0.3 is 5.32 Å². The predicted molar refractivity (Wildman–Crippen MR) is 219 cm³/mol. The van der Waals surface area contributed by atoms with Gasteiger partial charge >= 0.3 is 0 Å². The zero-order valence-electron chi connectivity index (χ0n) is 32.4. The van der Waals surface area contributed by atoms with Gasteiger partial charge in [0, 0.05) is 18.0 Å². The lowest BCUT2D eigenvalue weighted by molar-refractivity contribution is 0.345. The Kier molecular flexibility index (Phi) is 11.5. The molecule has 272 valence electrons. The second-order valence-electron chi connectivity index (χ2n) is 17.5. The third kappa shape index (κ3) is 7.72. The fourth-order valence-electron chi connectivity index (χ4n) is 11.4. The van der Waals surface area contributed by atoms with Gasteiger partial charge in [0.25, 0.3) is 0 Å². The third-order valence-corrected chi connectivity index (χ3v) is 14.2. The highest BCUT2D eigenvalue weighted by Gasteiger charge is 2.35. The summed E-state index contributed by atoms with van der Waals surface area (Å²) in [5.41, 5.74) is 20.3. The van der Waals surface area contributed by atoms with E-state index in [2.05, 4.69) is 67.8 Å². The zero-order chi connectivity index (χ0) is 34.6. The van der Waals surface area contributed by atoms with Crippen molar-refractivity contribution in [1.29, 1.82) is 0 Å². The molecule has 0 aromatic carbocycles. The van der Waals surface area contributed by atoms with Crippen molar-refractivity contribution >= 4 is 0 Å². The Hall–Kier alpha value is -2.64. The molecular formula is C50H67N. The molecule has 2 unspecified atom stereocenters. The molecule has 1 fully saturated rings. The lowest BCUT2D eigenvalue weighted by Gasteiger charge is -2.39. The van der Waals surface area contributed by atoms with Crippen LogP contribution in [0, 0.1) is 11.8 Å². The van der Waals surface area contributed by atoms with Crippen LogP contribution in [0.3, 0.4) is 0 Å². The van der Waals surface area contributed by atoms with Crippen molar-refractivity contribution in [2.75, 3.05) is 0 Å². The molecule has 0 aromatic heterocycles. The summed E-state index contributed by atoms with van der Waals surface area (Å²) in [5.74, 6) is 1.25. The maximum atomic E-state index is 4.36. The first-order chi connectivity index (χ1) is 25.2. The molecule has 0 saturated heterocycles. The average molecular weight is 682 g/mol. The highest BCUT2D eigenvalue weighted by atomic mass is 15.0. The first-order valence-corrected chi connectivity index (χ1v) is 22.0. The van der Waals surface area contributed by atoms with Crippen LogP contribution >= 0.6 is 0 Å². The summed E-state index contributed by atoms with van der Waals surface area (Å²) in [6, 6.07) is 1.10. The SMILES string of the molecule is CCCCCCC(C)C1=CC[C@@H](C2=CC=C(C3=C4C=CCCC4=C(C4=CC5=C(CCCC5)CC4)CC3)C(NC3CCCCC3)C2)C2=C1C=CCC2. The van der Waals surface area contributed by atoms with Gasteiger partial charge in [0.05, 0.1) is 0 Å². The van der Waals surface area contributed by atoms with Crippen molar-refractivity contribution in [1.82, 2.24) is 5.32 Å². The van der Waals surface area contributed by atoms with Gasteiger partial charge in [-0.1, -0.05) is 124 Å². The summed E-state index contributed by atoms with van der Waals surface area (Å²) in [6.45, 7) is 4.83. The van der Waals surface area contributed by atoms with Crippen molar-refractivity contribution in [3.8, 4) is 0 Å². The number of rotatable bonds is 11. The summed E-state index contributed by atoms with van der Waals surface area (Å²) in [7, 11) is 0. The molecule has 0 bridgehead atoms. The second kappa shape index (κ2) is 16.6. The van der Waals surface area contributed by atoms with Gasteiger partial charge in [-0.25, -0.2) is 0 Å². The summed E-state index contributed by atoms with van der Waals surface area (Å²) in [6.07, 6.45) is 52.0. The maximum Gasteiger partial charge on any atom is 0.0363 e. The number of hydrogen-bond donors (Lipinski definition) is 1. The van der Waals surface area contributed by atoms with E-state index in [1.165, 1.54) is 154 Å². The molecule has 1 N–H and O–H groups in total. The van der Waals surface area contributed by atoms with Gasteiger partial charge in [0.15, 0.2) is 0 Å². The molecule has 3 atom stereocenters. The first-order valence-electron chi connectivity index (χ1n) is 22.0. The quantitative estimate of drug-likeness (QED) is 0.214. The molecule has 51 heavy (non-hydrogen) atoms. The van der Waals surface area contributed by atoms with E-state index in [0.717, 1.165) is 0 Å². The number of unbranched alkanes of at least 4 members (excludes halogenated alkanes) is 3. The monoisotopic (exact) mass is 682 g/mol. The maximum absolute atomic E-state index is 4.36. The Bertz CT molecular complexity index is 1640. The minimum atomic E-state index is 0.434. The van der Waals surface area contributed by atoms with Gasteiger partial charge in [0.1, 0.15) is 0 Å². The van der Waals surface area contributed by atoms with Gasteiger partial charge in [-0.3, -0.25) is 0 Å². The van der Waals surface area contributed by atoms with Crippen molar-refractivity contribution in [2.45, 2.75) is 180 Å². The molecule has 8 aliphatic carbocycles. The second-order valence-corrected chi connectivity index (χ2v) is 17.5. The van der Waals surface area contributed by atoms with Gasteiger partial charge in [-0.2, -0.15) is 0 Å². The fraction of sp³-hybridized carbons (Fsp3) is 0.600. The van der Waals surface area contributed by atoms with E-state index < -0.39 is 0 Å². The van der Waals surface area contributed by atoms with E-state index in [1.54, 1.807) is 66.9 Å². The van der Waals surface area contributed by atoms with Crippen LogP contribution in [0.25, 0.3) is 0 Å². The van der Waals surface area contributed by atoms with Crippen LogP contribution in [-0.4, -0.2) is 12.1 Å². The lowest BCUT2D eigenvalue weighted by Crippen LogP contribution is -2.42. The van der Waals surface area contributed by atoms with Crippen LogP contribution in [0.5, 0.6) is 0 Å². The highest BCUT2D eigenvalue weighted by molar-refractivity contribution is 5.63. The first kappa shape index (κ1) is 35.4. The Balaban J connectivity index is 1.11. The summed E-state index contributed by atoms with van der Waals surface area (Å²) < 4.78 is 0. The smallest absolute Gasteiger partial charge is 0.0363 e. The van der Waals surface area contributed by atoms with E-state index in [4.69, 9.17) is 0 Å². The lowest BCUT2D eigenvalue weighted by atomic mass is 9.68. The van der Waals surface area contributed by atoms with Crippen molar-refractivity contribution in [3.05, 3.63) is 115 Å².